The highest BCUT2D eigenvalue weighted by Gasteiger charge is 2.22. The Morgan fingerprint density at radius 2 is 1.97 bits per heavy atom. The third-order valence-electron chi connectivity index (χ3n) is 3.66. The molecule has 0 bridgehead atoms. The Kier molecular flexibility index (Phi) is 8.79. The fourth-order valence-corrected chi connectivity index (χ4v) is 3.16. The molecule has 2 aromatic rings. The van der Waals surface area contributed by atoms with Gasteiger partial charge < -0.3 is 19.9 Å². The number of hydrogen-bond acceptors (Lipinski definition) is 5. The lowest BCUT2D eigenvalue weighted by molar-refractivity contribution is 0.0488. The molecule has 0 aliphatic heterocycles. The molecule has 1 aromatic carbocycles. The maximum absolute atomic E-state index is 12.3. The minimum absolute atomic E-state index is 0.00416. The Balaban J connectivity index is 2.21. The van der Waals surface area contributed by atoms with Crippen LogP contribution < -0.4 is 15.4 Å². The molecule has 0 saturated heterocycles. The van der Waals surface area contributed by atoms with Crippen molar-refractivity contribution in [2.45, 2.75) is 38.8 Å². The van der Waals surface area contributed by atoms with Gasteiger partial charge in [0.2, 0.25) is 0 Å². The Hall–Kier alpha value is -2.23. The van der Waals surface area contributed by atoms with Crippen molar-refractivity contribution in [1.29, 1.82) is 0 Å². The van der Waals surface area contributed by atoms with Gasteiger partial charge >= 0.3 is 12.2 Å². The molecule has 168 valence electrons. The normalized spacial score (nSPS) is 12.1. The number of nitrogens with one attached hydrogen (secondary N) is 2. The standard InChI is InChI=1S/C20H22BrCl2N3O5/c1-20(2,3)31-19(29)24-13(8-11-5-4-6-12(22)7-11)10-30-15-9-14(21)16(23)25-17(15)26-18(27)28/h4-7,9,13H,8,10H2,1-3H3,(H,24,29)(H,25,26)(H,27,28)/t13-/m1/s1. The van der Waals surface area contributed by atoms with Gasteiger partial charge in [0.1, 0.15) is 17.4 Å². The van der Waals surface area contributed by atoms with Crippen molar-refractivity contribution in [3.63, 3.8) is 0 Å². The van der Waals surface area contributed by atoms with Crippen molar-refractivity contribution in [3.05, 3.63) is 50.5 Å². The van der Waals surface area contributed by atoms with Crippen LogP contribution in [0.4, 0.5) is 15.4 Å². The summed E-state index contributed by atoms with van der Waals surface area (Å²) >= 11 is 15.2. The first kappa shape index (κ1) is 25.0. The number of hydrogen-bond donors (Lipinski definition) is 3. The maximum Gasteiger partial charge on any atom is 0.410 e. The molecule has 2 amide bonds. The van der Waals surface area contributed by atoms with Crippen LogP contribution in [0.3, 0.4) is 0 Å². The molecule has 31 heavy (non-hydrogen) atoms. The van der Waals surface area contributed by atoms with Gasteiger partial charge in [0.05, 0.1) is 10.5 Å². The minimum Gasteiger partial charge on any atom is -0.487 e. The quantitative estimate of drug-likeness (QED) is 0.390. The molecule has 0 spiro atoms. The summed E-state index contributed by atoms with van der Waals surface area (Å²) in [5.41, 5.74) is 0.200. The number of amides is 2. The van der Waals surface area contributed by atoms with Crippen LogP contribution in [0.15, 0.2) is 34.8 Å². The summed E-state index contributed by atoms with van der Waals surface area (Å²) in [6.07, 6.45) is -1.54. The number of aromatic nitrogens is 1. The number of benzene rings is 1. The Morgan fingerprint density at radius 3 is 2.58 bits per heavy atom. The zero-order valence-electron chi connectivity index (χ0n) is 17.0. The van der Waals surface area contributed by atoms with Crippen LogP contribution in [0.5, 0.6) is 5.75 Å². The smallest absolute Gasteiger partial charge is 0.410 e. The molecule has 11 heteroatoms. The Morgan fingerprint density at radius 1 is 1.26 bits per heavy atom. The number of carbonyl (C=O) groups excluding carboxylic acids is 1. The van der Waals surface area contributed by atoms with Gasteiger partial charge in [-0.15, -0.1) is 0 Å². The van der Waals surface area contributed by atoms with E-state index in [1.54, 1.807) is 39.0 Å². The topological polar surface area (TPSA) is 110 Å². The summed E-state index contributed by atoms with van der Waals surface area (Å²) in [4.78, 5) is 27.3. The molecular formula is C20H22BrCl2N3O5. The number of anilines is 1. The SMILES string of the molecule is CC(C)(C)OC(=O)N[C@@H](COc1cc(Br)c(Cl)nc1NC(=O)O)Cc1cccc(Cl)c1. The third-order valence-corrected chi connectivity index (χ3v) is 5.01. The van der Waals surface area contributed by atoms with E-state index in [0.29, 0.717) is 15.9 Å². The first-order valence-electron chi connectivity index (χ1n) is 9.15. The molecule has 0 aliphatic rings. The second kappa shape index (κ2) is 10.9. The molecule has 8 nitrogen and oxygen atoms in total. The fourth-order valence-electron chi connectivity index (χ4n) is 2.52. The third kappa shape index (κ3) is 8.80. The minimum atomic E-state index is -1.32. The number of ether oxygens (including phenoxy) is 2. The molecule has 0 fully saturated rings. The van der Waals surface area contributed by atoms with E-state index in [1.165, 1.54) is 6.07 Å². The number of carbonyl (C=O) groups is 2. The summed E-state index contributed by atoms with van der Waals surface area (Å²) in [5, 5.41) is 14.6. The Bertz CT molecular complexity index is 953. The van der Waals surface area contributed by atoms with Gasteiger partial charge in [-0.1, -0.05) is 35.3 Å². The van der Waals surface area contributed by atoms with E-state index in [2.05, 4.69) is 31.5 Å². The zero-order chi connectivity index (χ0) is 23.2. The van der Waals surface area contributed by atoms with Gasteiger partial charge in [-0.3, -0.25) is 5.32 Å². The summed E-state index contributed by atoms with van der Waals surface area (Å²) in [5.74, 6) is 0.0697. The van der Waals surface area contributed by atoms with Gasteiger partial charge in [0.15, 0.2) is 11.6 Å². The first-order chi connectivity index (χ1) is 14.4. The average Bonchev–Trinajstić information content (AvgIpc) is 2.61. The monoisotopic (exact) mass is 533 g/mol. The van der Waals surface area contributed by atoms with Crippen molar-refractivity contribution in [3.8, 4) is 5.75 Å². The highest BCUT2D eigenvalue weighted by Crippen LogP contribution is 2.31. The van der Waals surface area contributed by atoms with Crippen LogP contribution in [0, 0.1) is 0 Å². The molecule has 0 saturated carbocycles. The molecule has 1 heterocycles. The van der Waals surface area contributed by atoms with Gasteiger partial charge in [-0.25, -0.2) is 14.6 Å². The summed E-state index contributed by atoms with van der Waals surface area (Å²) < 4.78 is 11.5. The number of carboxylic acid groups (broad SMARTS) is 1. The predicted octanol–water partition coefficient (Wildman–Crippen LogP) is 5.76. The summed E-state index contributed by atoms with van der Waals surface area (Å²) in [6, 6.07) is 8.18. The number of halogens is 3. The molecule has 0 aliphatic carbocycles. The second-order valence-electron chi connectivity index (χ2n) is 7.53. The van der Waals surface area contributed by atoms with E-state index in [0.717, 1.165) is 5.56 Å². The fraction of sp³-hybridized carbons (Fsp3) is 0.350. The lowest BCUT2D eigenvalue weighted by atomic mass is 10.1. The van der Waals surface area contributed by atoms with Crippen LogP contribution >= 0.6 is 39.1 Å². The van der Waals surface area contributed by atoms with Crippen LogP contribution in [-0.4, -0.2) is 40.5 Å². The molecule has 0 radical (unpaired) electrons. The van der Waals surface area contributed by atoms with Crippen molar-refractivity contribution in [1.82, 2.24) is 10.3 Å². The van der Waals surface area contributed by atoms with E-state index in [1.807, 2.05) is 6.07 Å². The summed E-state index contributed by atoms with van der Waals surface area (Å²) in [6.45, 7) is 5.28. The van der Waals surface area contributed by atoms with Crippen molar-refractivity contribution < 1.29 is 24.2 Å². The lowest BCUT2D eigenvalue weighted by Crippen LogP contribution is -2.43. The van der Waals surface area contributed by atoms with Gasteiger partial charge in [0, 0.05) is 11.1 Å². The van der Waals surface area contributed by atoms with E-state index in [4.69, 9.17) is 37.8 Å². The number of nitrogens with zero attached hydrogens (tertiary/aromatic N) is 1. The van der Waals surface area contributed by atoms with Crippen LogP contribution in [-0.2, 0) is 11.2 Å². The molecule has 0 unspecified atom stereocenters. The molecular weight excluding hydrogens is 513 g/mol. The average molecular weight is 535 g/mol. The van der Waals surface area contributed by atoms with E-state index < -0.39 is 23.8 Å². The van der Waals surface area contributed by atoms with Gasteiger partial charge in [-0.2, -0.15) is 0 Å². The summed E-state index contributed by atoms with van der Waals surface area (Å²) in [7, 11) is 0. The molecule has 2 rings (SSSR count). The number of pyridine rings is 1. The molecule has 1 atom stereocenters. The zero-order valence-corrected chi connectivity index (χ0v) is 20.1. The highest BCUT2D eigenvalue weighted by molar-refractivity contribution is 9.10. The van der Waals surface area contributed by atoms with E-state index in [9.17, 15) is 9.59 Å². The molecule has 3 N–H and O–H groups in total. The second-order valence-corrected chi connectivity index (χ2v) is 9.17. The van der Waals surface area contributed by atoms with Gasteiger partial charge in [-0.05, 0) is 60.8 Å². The van der Waals surface area contributed by atoms with Crippen molar-refractivity contribution >= 4 is 57.1 Å². The predicted molar refractivity (Wildman–Crippen MR) is 122 cm³/mol. The highest BCUT2D eigenvalue weighted by atomic mass is 79.9. The van der Waals surface area contributed by atoms with Crippen LogP contribution in [0.2, 0.25) is 10.2 Å². The number of alkyl carbamates (subject to hydrolysis) is 1. The van der Waals surface area contributed by atoms with E-state index in [-0.39, 0.29) is 23.3 Å². The number of rotatable bonds is 7. The Labute approximate surface area is 198 Å². The van der Waals surface area contributed by atoms with Crippen molar-refractivity contribution in [2.75, 3.05) is 11.9 Å². The van der Waals surface area contributed by atoms with Gasteiger partial charge in [0.25, 0.3) is 0 Å². The van der Waals surface area contributed by atoms with Crippen molar-refractivity contribution in [2.24, 2.45) is 0 Å². The maximum atomic E-state index is 12.3. The van der Waals surface area contributed by atoms with E-state index >= 15 is 0 Å². The first-order valence-corrected chi connectivity index (χ1v) is 10.7. The largest absolute Gasteiger partial charge is 0.487 e. The van der Waals surface area contributed by atoms with Crippen LogP contribution in [0.25, 0.3) is 0 Å². The molecule has 1 aromatic heterocycles. The van der Waals surface area contributed by atoms with Crippen LogP contribution in [0.1, 0.15) is 26.3 Å². The lowest BCUT2D eigenvalue weighted by Gasteiger charge is -2.24.